The van der Waals surface area contributed by atoms with E-state index in [2.05, 4.69) is 10.9 Å². The second-order valence-corrected chi connectivity index (χ2v) is 2.29. The van der Waals surface area contributed by atoms with E-state index < -0.39 is 5.60 Å². The molecular weight excluding hydrogens is 120 g/mol. The normalized spacial score (nSPS) is 24.2. The number of Topliss-reactive ketones (excluding diaryl/α,β-unsaturated/α-hetero) is 1. The molecule has 9 heavy (non-hydrogen) atoms. The number of hydrogen-bond acceptors (Lipinski definition) is 4. The topological polar surface area (TPSA) is 61.4 Å². The monoisotopic (exact) mass is 130 g/mol. The average molecular weight is 130 g/mol. The van der Waals surface area contributed by atoms with Gasteiger partial charge in [-0.2, -0.15) is 0 Å². The molecule has 0 aromatic rings. The van der Waals surface area contributed by atoms with Gasteiger partial charge in [0.15, 0.2) is 5.78 Å². The van der Waals surface area contributed by atoms with Crippen molar-refractivity contribution >= 4 is 5.78 Å². The first-order chi connectivity index (χ1) is 4.15. The number of carbonyl (C=O) groups excluding carboxylic acids is 1. The molecule has 1 fully saturated rings. The molecule has 0 spiro atoms. The van der Waals surface area contributed by atoms with Crippen LogP contribution in [0.15, 0.2) is 0 Å². The molecule has 1 saturated heterocycles. The fourth-order valence-corrected chi connectivity index (χ4v) is 0.729. The van der Waals surface area contributed by atoms with Gasteiger partial charge in [0.05, 0.1) is 0 Å². The van der Waals surface area contributed by atoms with Gasteiger partial charge in [0.2, 0.25) is 0 Å². The molecular formula is C5H10N2O2. The quantitative estimate of drug-likeness (QED) is 0.400. The molecule has 0 amide bonds. The van der Waals surface area contributed by atoms with Gasteiger partial charge >= 0.3 is 0 Å². The largest absolute Gasteiger partial charge is 0.379 e. The predicted octanol–water partition coefficient (Wildman–Crippen LogP) is -1.59. The van der Waals surface area contributed by atoms with Gasteiger partial charge in [0.25, 0.3) is 0 Å². The summed E-state index contributed by atoms with van der Waals surface area (Å²) >= 11 is 0. The highest BCUT2D eigenvalue weighted by Gasteiger charge is 2.35. The molecule has 0 saturated carbocycles. The van der Waals surface area contributed by atoms with E-state index in [-0.39, 0.29) is 5.78 Å². The molecule has 0 atom stereocenters. The van der Waals surface area contributed by atoms with Gasteiger partial charge in [0.1, 0.15) is 5.60 Å². The average Bonchev–Trinajstić information content (AvgIpc) is 2.16. The highest BCUT2D eigenvalue weighted by molar-refractivity contribution is 5.85. The van der Waals surface area contributed by atoms with Crippen molar-refractivity contribution < 1.29 is 9.90 Å². The van der Waals surface area contributed by atoms with E-state index >= 15 is 0 Å². The Balaban J connectivity index is 2.61. The smallest absolute Gasteiger partial charge is 0.164 e. The summed E-state index contributed by atoms with van der Waals surface area (Å²) in [6.07, 6.45) is 0. The number of nitrogens with one attached hydrogen (secondary N) is 2. The van der Waals surface area contributed by atoms with Crippen molar-refractivity contribution in [2.45, 2.75) is 12.5 Å². The van der Waals surface area contributed by atoms with Crippen LogP contribution in [0.4, 0.5) is 0 Å². The Morgan fingerprint density at radius 1 is 1.56 bits per heavy atom. The predicted molar refractivity (Wildman–Crippen MR) is 31.6 cm³/mol. The van der Waals surface area contributed by atoms with Crippen LogP contribution in [0.2, 0.25) is 0 Å². The molecule has 3 N–H and O–H groups in total. The van der Waals surface area contributed by atoms with Crippen LogP contribution in [0, 0.1) is 0 Å². The highest BCUT2D eigenvalue weighted by Crippen LogP contribution is 2.05. The van der Waals surface area contributed by atoms with Crippen LogP contribution in [-0.4, -0.2) is 29.6 Å². The third-order valence-corrected chi connectivity index (χ3v) is 1.54. The van der Waals surface area contributed by atoms with E-state index in [1.807, 2.05) is 0 Å². The maximum absolute atomic E-state index is 10.6. The highest BCUT2D eigenvalue weighted by atomic mass is 16.3. The Morgan fingerprint density at radius 2 is 2.00 bits per heavy atom. The summed E-state index contributed by atoms with van der Waals surface area (Å²) in [5, 5.41) is 9.29. The van der Waals surface area contributed by atoms with Crippen molar-refractivity contribution in [3.8, 4) is 0 Å². The lowest BCUT2D eigenvalue weighted by atomic mass is 10.0. The Hall–Kier alpha value is -0.450. The minimum Gasteiger partial charge on any atom is -0.379 e. The number of ketones is 1. The molecule has 4 nitrogen and oxygen atoms in total. The second kappa shape index (κ2) is 2.06. The fraction of sp³-hybridized carbons (Fsp3) is 0.800. The summed E-state index contributed by atoms with van der Waals surface area (Å²) in [4.78, 5) is 10.6. The van der Waals surface area contributed by atoms with Crippen molar-refractivity contribution in [3.05, 3.63) is 0 Å². The van der Waals surface area contributed by atoms with Crippen molar-refractivity contribution in [3.63, 3.8) is 0 Å². The number of rotatable bonds is 1. The van der Waals surface area contributed by atoms with Gasteiger partial charge in [-0.25, -0.2) is 0 Å². The molecule has 0 aromatic carbocycles. The maximum Gasteiger partial charge on any atom is 0.164 e. The lowest BCUT2D eigenvalue weighted by Crippen LogP contribution is -2.41. The van der Waals surface area contributed by atoms with E-state index in [9.17, 15) is 9.90 Å². The molecule has 1 rings (SSSR count). The maximum atomic E-state index is 10.6. The summed E-state index contributed by atoms with van der Waals surface area (Å²) in [5.41, 5.74) is 4.18. The van der Waals surface area contributed by atoms with E-state index in [0.29, 0.717) is 13.1 Å². The van der Waals surface area contributed by atoms with Crippen LogP contribution in [0.5, 0.6) is 0 Å². The molecule has 0 radical (unpaired) electrons. The van der Waals surface area contributed by atoms with Crippen LogP contribution in [0.3, 0.4) is 0 Å². The Kier molecular flexibility index (Phi) is 1.52. The molecule has 0 unspecified atom stereocenters. The first-order valence-electron chi connectivity index (χ1n) is 2.84. The van der Waals surface area contributed by atoms with E-state index in [0.717, 1.165) is 0 Å². The van der Waals surface area contributed by atoms with Crippen LogP contribution in [-0.2, 0) is 4.79 Å². The Morgan fingerprint density at radius 3 is 2.22 bits per heavy atom. The van der Waals surface area contributed by atoms with Crippen LogP contribution in [0.25, 0.3) is 0 Å². The van der Waals surface area contributed by atoms with Crippen LogP contribution < -0.4 is 10.9 Å². The van der Waals surface area contributed by atoms with Crippen LogP contribution in [0.1, 0.15) is 6.92 Å². The molecule has 0 bridgehead atoms. The summed E-state index contributed by atoms with van der Waals surface area (Å²) < 4.78 is 0. The SMILES string of the molecule is CC(=O)C1(O)CNNC1. The van der Waals surface area contributed by atoms with E-state index in [1.54, 1.807) is 0 Å². The molecule has 1 heterocycles. The fourth-order valence-electron chi connectivity index (χ4n) is 0.729. The van der Waals surface area contributed by atoms with Crippen molar-refractivity contribution in [1.29, 1.82) is 0 Å². The van der Waals surface area contributed by atoms with E-state index in [4.69, 9.17) is 0 Å². The standard InChI is InChI=1S/C5H10N2O2/c1-4(8)5(9)2-6-7-3-5/h6-7,9H,2-3H2,1H3. The minimum atomic E-state index is -1.17. The summed E-state index contributed by atoms with van der Waals surface area (Å²) in [6, 6.07) is 0. The first kappa shape index (κ1) is 6.67. The summed E-state index contributed by atoms with van der Waals surface area (Å²) in [6.45, 7) is 2.00. The van der Waals surface area contributed by atoms with Gasteiger partial charge in [-0.15, -0.1) is 0 Å². The third kappa shape index (κ3) is 1.10. The van der Waals surface area contributed by atoms with Gasteiger partial charge in [0, 0.05) is 13.1 Å². The number of carbonyl (C=O) groups is 1. The van der Waals surface area contributed by atoms with Crippen LogP contribution >= 0.6 is 0 Å². The van der Waals surface area contributed by atoms with Gasteiger partial charge in [-0.1, -0.05) is 0 Å². The summed E-state index contributed by atoms with van der Waals surface area (Å²) in [5.74, 6) is -0.194. The zero-order valence-corrected chi connectivity index (χ0v) is 5.27. The Bertz CT molecular complexity index is 129. The third-order valence-electron chi connectivity index (χ3n) is 1.54. The molecule has 1 aliphatic heterocycles. The molecule has 1 aliphatic rings. The van der Waals surface area contributed by atoms with E-state index in [1.165, 1.54) is 6.92 Å². The van der Waals surface area contributed by atoms with Crippen molar-refractivity contribution in [2.24, 2.45) is 0 Å². The molecule has 0 aliphatic carbocycles. The summed E-state index contributed by atoms with van der Waals surface area (Å²) in [7, 11) is 0. The van der Waals surface area contributed by atoms with Gasteiger partial charge < -0.3 is 5.11 Å². The first-order valence-corrected chi connectivity index (χ1v) is 2.84. The molecule has 0 aromatic heterocycles. The van der Waals surface area contributed by atoms with Crippen molar-refractivity contribution in [2.75, 3.05) is 13.1 Å². The lowest BCUT2D eigenvalue weighted by molar-refractivity contribution is -0.132. The molecule has 52 valence electrons. The second-order valence-electron chi connectivity index (χ2n) is 2.29. The zero-order chi connectivity index (χ0) is 6.91. The van der Waals surface area contributed by atoms with Crippen molar-refractivity contribution in [1.82, 2.24) is 10.9 Å². The minimum absolute atomic E-state index is 0.194. The van der Waals surface area contributed by atoms with Gasteiger partial charge in [-0.05, 0) is 6.92 Å². The Labute approximate surface area is 53.2 Å². The van der Waals surface area contributed by atoms with Gasteiger partial charge in [-0.3, -0.25) is 15.6 Å². The number of β-amino-alcohol motifs (C(OH)–C–C–N with tert-alkyl or cyclic N) is 1. The molecule has 4 heteroatoms. The number of aliphatic hydroxyl groups is 1. The lowest BCUT2D eigenvalue weighted by Gasteiger charge is -2.14. The number of hydrogen-bond donors (Lipinski definition) is 3. The zero-order valence-electron chi connectivity index (χ0n) is 5.27. The number of hydrazine groups is 1.